The Kier molecular flexibility index (Phi) is 7.78. The zero-order chi connectivity index (χ0) is 23.2. The van der Waals surface area contributed by atoms with Gasteiger partial charge in [0.05, 0.1) is 11.0 Å². The molecule has 2 aromatic rings. The molecule has 0 N–H and O–H groups in total. The van der Waals surface area contributed by atoms with Gasteiger partial charge in [0, 0.05) is 50.7 Å². The highest BCUT2D eigenvalue weighted by Crippen LogP contribution is 2.47. The second-order valence-corrected chi connectivity index (χ2v) is 9.37. The number of likely N-dealkylation sites (tertiary alicyclic amines) is 1. The van der Waals surface area contributed by atoms with Crippen molar-refractivity contribution in [3.05, 3.63) is 35.7 Å². The molecule has 0 spiro atoms. The second-order valence-electron chi connectivity index (χ2n) is 9.37. The van der Waals surface area contributed by atoms with Gasteiger partial charge in [0.15, 0.2) is 0 Å². The van der Waals surface area contributed by atoms with E-state index in [9.17, 15) is 9.59 Å². The molecule has 1 aromatic carbocycles. The van der Waals surface area contributed by atoms with Crippen molar-refractivity contribution in [1.82, 2.24) is 14.9 Å². The minimum Gasteiger partial charge on any atom is -0.425 e. The average Bonchev–Trinajstić information content (AvgIpc) is 3.05. The highest BCUT2D eigenvalue weighted by atomic mass is 16.7. The predicted molar refractivity (Wildman–Crippen MR) is 126 cm³/mol. The van der Waals surface area contributed by atoms with Gasteiger partial charge in [-0.15, -0.1) is 0 Å². The Hall–Kier alpha value is -2.70. The molecule has 1 saturated heterocycles. The SMILES string of the molecule is CCCCCCCCCC(=O)OC(C)OC(=O)N1CC2CC(C1)c1cc3nccnc3cc12. The van der Waals surface area contributed by atoms with Crippen LogP contribution in [0, 0.1) is 0 Å². The van der Waals surface area contributed by atoms with Gasteiger partial charge in [-0.2, -0.15) is 0 Å². The molecule has 0 radical (unpaired) electrons. The van der Waals surface area contributed by atoms with Crippen molar-refractivity contribution >= 4 is 23.1 Å². The van der Waals surface area contributed by atoms with Crippen molar-refractivity contribution in [2.75, 3.05) is 13.1 Å². The first-order valence-corrected chi connectivity index (χ1v) is 12.4. The molecule has 1 aromatic heterocycles. The topological polar surface area (TPSA) is 81.6 Å². The molecule has 3 unspecified atom stereocenters. The first-order chi connectivity index (χ1) is 16.0. The largest absolute Gasteiger partial charge is 0.425 e. The molecule has 2 heterocycles. The highest BCUT2D eigenvalue weighted by molar-refractivity contribution is 5.77. The molecule has 1 aliphatic heterocycles. The van der Waals surface area contributed by atoms with E-state index in [1.54, 1.807) is 24.2 Å². The third-order valence-electron chi connectivity index (χ3n) is 6.81. The molecule has 7 heteroatoms. The molecule has 2 aliphatic rings. The summed E-state index contributed by atoms with van der Waals surface area (Å²) in [4.78, 5) is 35.4. The van der Waals surface area contributed by atoms with Crippen LogP contribution in [0.3, 0.4) is 0 Å². The fraction of sp³-hybridized carbons (Fsp3) is 0.615. The van der Waals surface area contributed by atoms with Crippen molar-refractivity contribution < 1.29 is 19.1 Å². The molecule has 4 rings (SSSR count). The maximum atomic E-state index is 12.8. The zero-order valence-electron chi connectivity index (χ0n) is 19.8. The smallest absolute Gasteiger partial charge is 0.412 e. The van der Waals surface area contributed by atoms with E-state index >= 15 is 0 Å². The van der Waals surface area contributed by atoms with Crippen LogP contribution in [-0.2, 0) is 14.3 Å². The van der Waals surface area contributed by atoms with Crippen LogP contribution in [-0.4, -0.2) is 46.3 Å². The summed E-state index contributed by atoms with van der Waals surface area (Å²) in [6.45, 7) is 5.02. The monoisotopic (exact) mass is 453 g/mol. The second kappa shape index (κ2) is 10.9. The fourth-order valence-corrected chi connectivity index (χ4v) is 5.16. The van der Waals surface area contributed by atoms with E-state index in [0.29, 0.717) is 19.5 Å². The maximum Gasteiger partial charge on any atom is 0.412 e. The number of amides is 1. The summed E-state index contributed by atoms with van der Waals surface area (Å²) in [5.41, 5.74) is 4.30. The van der Waals surface area contributed by atoms with Crippen molar-refractivity contribution in [2.45, 2.75) is 89.8 Å². The number of fused-ring (bicyclic) bond motifs is 6. The summed E-state index contributed by atoms with van der Waals surface area (Å²) < 4.78 is 10.8. The van der Waals surface area contributed by atoms with Gasteiger partial charge in [0.1, 0.15) is 0 Å². The molecule has 7 nitrogen and oxygen atoms in total. The quantitative estimate of drug-likeness (QED) is 0.261. The Morgan fingerprint density at radius 3 is 2.12 bits per heavy atom. The number of benzene rings is 1. The van der Waals surface area contributed by atoms with Crippen molar-refractivity contribution in [2.24, 2.45) is 0 Å². The Labute approximate surface area is 195 Å². The number of carbonyl (C=O) groups excluding carboxylic acids is 2. The summed E-state index contributed by atoms with van der Waals surface area (Å²) in [5.74, 6) is 0.238. The average molecular weight is 454 g/mol. The van der Waals surface area contributed by atoms with E-state index in [-0.39, 0.29) is 17.8 Å². The number of unbranched alkanes of at least 4 members (excludes halogenated alkanes) is 6. The molecule has 1 fully saturated rings. The minimum absolute atomic E-state index is 0.271. The van der Waals surface area contributed by atoms with Gasteiger partial charge in [0.25, 0.3) is 0 Å². The van der Waals surface area contributed by atoms with Crippen molar-refractivity contribution in [3.8, 4) is 0 Å². The Bertz CT molecular complexity index is 929. The third kappa shape index (κ3) is 5.81. The maximum absolute atomic E-state index is 12.8. The van der Waals surface area contributed by atoms with Crippen LogP contribution in [0.5, 0.6) is 0 Å². The number of carbonyl (C=O) groups is 2. The van der Waals surface area contributed by atoms with E-state index in [4.69, 9.17) is 9.47 Å². The first-order valence-electron chi connectivity index (χ1n) is 12.4. The van der Waals surface area contributed by atoms with E-state index in [1.807, 2.05) is 0 Å². The van der Waals surface area contributed by atoms with E-state index in [0.717, 1.165) is 36.7 Å². The van der Waals surface area contributed by atoms with Crippen LogP contribution < -0.4 is 0 Å². The van der Waals surface area contributed by atoms with Crippen LogP contribution in [0.25, 0.3) is 11.0 Å². The molecule has 178 valence electrons. The summed E-state index contributed by atoms with van der Waals surface area (Å²) in [5, 5.41) is 0. The van der Waals surface area contributed by atoms with Gasteiger partial charge in [-0.25, -0.2) is 4.79 Å². The van der Waals surface area contributed by atoms with Gasteiger partial charge in [-0.1, -0.05) is 45.4 Å². The normalized spacial score (nSPS) is 19.9. The molecule has 1 aliphatic carbocycles. The van der Waals surface area contributed by atoms with Crippen LogP contribution in [0.15, 0.2) is 24.5 Å². The lowest BCUT2D eigenvalue weighted by Gasteiger charge is -2.32. The molecular weight excluding hydrogens is 418 g/mol. The number of hydrogen-bond acceptors (Lipinski definition) is 6. The number of nitrogens with zero attached hydrogens (tertiary/aromatic N) is 3. The standard InChI is InChI=1S/C26H35N3O4/c1-3-4-5-6-7-8-9-10-25(30)32-18(2)33-26(31)29-16-19-13-20(17-29)22-15-24-23(14-21(19)22)27-11-12-28-24/h11-12,14-15,18-20H,3-10,13,16-17H2,1-2H3. The fourth-order valence-electron chi connectivity index (χ4n) is 5.16. The highest BCUT2D eigenvalue weighted by Gasteiger charge is 2.40. The number of ether oxygens (including phenoxy) is 2. The number of piperidine rings is 1. The Morgan fingerprint density at radius 1 is 0.939 bits per heavy atom. The lowest BCUT2D eigenvalue weighted by atomic mass is 9.96. The van der Waals surface area contributed by atoms with Crippen molar-refractivity contribution in [3.63, 3.8) is 0 Å². The molecule has 33 heavy (non-hydrogen) atoms. The van der Waals surface area contributed by atoms with E-state index < -0.39 is 12.4 Å². The van der Waals surface area contributed by atoms with Gasteiger partial charge in [-0.05, 0) is 36.1 Å². The van der Waals surface area contributed by atoms with E-state index in [1.165, 1.54) is 36.8 Å². The van der Waals surface area contributed by atoms with Gasteiger partial charge < -0.3 is 14.4 Å². The molecule has 3 atom stereocenters. The van der Waals surface area contributed by atoms with Crippen LogP contribution >= 0.6 is 0 Å². The van der Waals surface area contributed by atoms with Gasteiger partial charge in [-0.3, -0.25) is 14.8 Å². The van der Waals surface area contributed by atoms with Crippen LogP contribution in [0.2, 0.25) is 0 Å². The molecule has 1 amide bonds. The summed E-state index contributed by atoms with van der Waals surface area (Å²) in [6, 6.07) is 4.23. The number of esters is 1. The van der Waals surface area contributed by atoms with Gasteiger partial charge >= 0.3 is 12.1 Å². The summed E-state index contributed by atoms with van der Waals surface area (Å²) >= 11 is 0. The third-order valence-corrected chi connectivity index (χ3v) is 6.81. The van der Waals surface area contributed by atoms with Gasteiger partial charge in [0.2, 0.25) is 6.29 Å². The summed E-state index contributed by atoms with van der Waals surface area (Å²) in [6.07, 6.45) is 11.5. The van der Waals surface area contributed by atoms with Crippen molar-refractivity contribution in [1.29, 1.82) is 0 Å². The lowest BCUT2D eigenvalue weighted by molar-refractivity contribution is -0.166. The number of hydrogen-bond donors (Lipinski definition) is 0. The van der Waals surface area contributed by atoms with E-state index in [2.05, 4.69) is 29.0 Å². The molecule has 2 bridgehead atoms. The zero-order valence-corrected chi connectivity index (χ0v) is 19.8. The molecular formula is C26H35N3O4. The minimum atomic E-state index is -0.882. The van der Waals surface area contributed by atoms with Crippen LogP contribution in [0.1, 0.15) is 94.6 Å². The Morgan fingerprint density at radius 2 is 1.52 bits per heavy atom. The molecule has 0 saturated carbocycles. The lowest BCUT2D eigenvalue weighted by Crippen LogP contribution is -2.41. The Balaban J connectivity index is 1.22. The first kappa shape index (κ1) is 23.5. The summed E-state index contributed by atoms with van der Waals surface area (Å²) in [7, 11) is 0. The number of rotatable bonds is 10. The van der Waals surface area contributed by atoms with Crippen LogP contribution in [0.4, 0.5) is 4.79 Å². The number of aromatic nitrogens is 2. The predicted octanol–water partition coefficient (Wildman–Crippen LogP) is 5.68.